The van der Waals surface area contributed by atoms with E-state index in [-0.39, 0.29) is 47.7 Å². The largest absolute Gasteiger partial charge is 0.490 e. The van der Waals surface area contributed by atoms with Crippen LogP contribution in [0.4, 0.5) is 17.6 Å². The zero-order valence-corrected chi connectivity index (χ0v) is 21.4. The van der Waals surface area contributed by atoms with Crippen LogP contribution in [0.25, 0.3) is 22.3 Å². The third-order valence-corrected chi connectivity index (χ3v) is 7.01. The molecule has 1 N–H and O–H groups in total. The molecule has 0 radical (unpaired) electrons. The Bertz CT molecular complexity index is 1250. The molecule has 4 rings (SSSR count). The zero-order valence-electron chi connectivity index (χ0n) is 21.4. The summed E-state index contributed by atoms with van der Waals surface area (Å²) in [5, 5.41) is 10.2. The van der Waals surface area contributed by atoms with Crippen molar-refractivity contribution in [2.24, 2.45) is 0 Å². The second-order valence-electron chi connectivity index (χ2n) is 9.57. The minimum absolute atomic E-state index is 0.0341. The monoisotopic (exact) mass is 528 g/mol. The summed E-state index contributed by atoms with van der Waals surface area (Å²) in [6.07, 6.45) is 3.94. The molecule has 0 bridgehead atoms. The summed E-state index contributed by atoms with van der Waals surface area (Å²) in [6.45, 7) is 5.95. The van der Waals surface area contributed by atoms with Crippen LogP contribution in [0.3, 0.4) is 0 Å². The molecule has 38 heavy (non-hydrogen) atoms. The van der Waals surface area contributed by atoms with Crippen molar-refractivity contribution < 1.29 is 32.1 Å². The fraction of sp³-hybridized carbons (Fsp3) is 0.355. The topological polar surface area (TPSA) is 38.7 Å². The molecule has 1 aliphatic heterocycles. The Morgan fingerprint density at radius 3 is 2.13 bits per heavy atom. The first kappa shape index (κ1) is 27.9. The van der Waals surface area contributed by atoms with Crippen LogP contribution in [0.1, 0.15) is 50.5 Å². The van der Waals surface area contributed by atoms with E-state index in [1.54, 1.807) is 24.3 Å². The van der Waals surface area contributed by atoms with Crippen molar-refractivity contribution in [2.75, 3.05) is 13.2 Å². The molecule has 3 atom stereocenters. The Hall–Kier alpha value is -3.16. The standard InChI is InChI=1S/C31H32F4O3/c1-3-5-17-37-27-16-14-23(30(34)31(27)35)20-9-7-19(8-10-20)22-12-13-24(29(33)28(22)32)21-11-15-26(38-18-21)25(36)6-4-2/h3,7-10,12-14,16,21,25-26,36H,1,4-6,11,15,17-18H2,2H3. The number of hydrogen-bond acceptors (Lipinski definition) is 3. The molecular weight excluding hydrogens is 496 g/mol. The van der Waals surface area contributed by atoms with Gasteiger partial charge in [0.15, 0.2) is 23.2 Å². The molecule has 1 saturated heterocycles. The zero-order chi connectivity index (χ0) is 27.2. The maximum atomic E-state index is 15.1. The van der Waals surface area contributed by atoms with Crippen LogP contribution in [0.15, 0.2) is 61.2 Å². The van der Waals surface area contributed by atoms with Crippen molar-refractivity contribution in [3.63, 3.8) is 0 Å². The average Bonchev–Trinajstić information content (AvgIpc) is 2.93. The molecule has 3 unspecified atom stereocenters. The van der Waals surface area contributed by atoms with Gasteiger partial charge >= 0.3 is 0 Å². The second-order valence-corrected chi connectivity index (χ2v) is 9.57. The quantitative estimate of drug-likeness (QED) is 0.165. The van der Waals surface area contributed by atoms with Gasteiger partial charge in [-0.25, -0.2) is 13.2 Å². The molecule has 202 valence electrons. The van der Waals surface area contributed by atoms with E-state index in [2.05, 4.69) is 6.58 Å². The molecule has 0 aromatic heterocycles. The van der Waals surface area contributed by atoms with E-state index in [9.17, 15) is 13.9 Å². The van der Waals surface area contributed by atoms with Crippen molar-refractivity contribution >= 4 is 0 Å². The average molecular weight is 529 g/mol. The molecule has 0 spiro atoms. The number of aliphatic hydroxyl groups excluding tert-OH is 1. The highest BCUT2D eigenvalue weighted by Crippen LogP contribution is 2.36. The third kappa shape index (κ3) is 5.94. The summed E-state index contributed by atoms with van der Waals surface area (Å²) in [4.78, 5) is 0. The molecule has 1 fully saturated rings. The highest BCUT2D eigenvalue weighted by Gasteiger charge is 2.30. The minimum atomic E-state index is -1.09. The summed E-state index contributed by atoms with van der Waals surface area (Å²) in [5.74, 6) is -4.51. The second kappa shape index (κ2) is 12.6. The Morgan fingerprint density at radius 2 is 1.55 bits per heavy atom. The Kier molecular flexibility index (Phi) is 9.23. The fourth-order valence-corrected chi connectivity index (χ4v) is 4.85. The van der Waals surface area contributed by atoms with Crippen LogP contribution < -0.4 is 4.74 Å². The number of halogens is 4. The van der Waals surface area contributed by atoms with E-state index in [4.69, 9.17) is 9.47 Å². The van der Waals surface area contributed by atoms with Crippen LogP contribution in [0.5, 0.6) is 5.75 Å². The molecular formula is C31H32F4O3. The van der Waals surface area contributed by atoms with E-state index in [0.717, 1.165) is 6.42 Å². The van der Waals surface area contributed by atoms with Crippen molar-refractivity contribution in [3.8, 4) is 28.0 Å². The van der Waals surface area contributed by atoms with Crippen LogP contribution in [-0.2, 0) is 4.74 Å². The molecule has 3 nitrogen and oxygen atoms in total. The van der Waals surface area contributed by atoms with Crippen LogP contribution in [0, 0.1) is 23.3 Å². The summed E-state index contributed by atoms with van der Waals surface area (Å²) < 4.78 is 70.4. The molecule has 3 aromatic carbocycles. The Labute approximate surface area is 220 Å². The van der Waals surface area contributed by atoms with Gasteiger partial charge in [0.1, 0.15) is 0 Å². The lowest BCUT2D eigenvalue weighted by Gasteiger charge is -2.32. The van der Waals surface area contributed by atoms with Gasteiger partial charge in [0, 0.05) is 17.0 Å². The molecule has 1 aliphatic rings. The van der Waals surface area contributed by atoms with Gasteiger partial charge in [-0.05, 0) is 54.5 Å². The lowest BCUT2D eigenvalue weighted by molar-refractivity contribution is -0.0718. The predicted octanol–water partition coefficient (Wildman–Crippen LogP) is 7.96. The van der Waals surface area contributed by atoms with E-state index >= 15 is 8.78 Å². The highest BCUT2D eigenvalue weighted by molar-refractivity contribution is 5.72. The number of hydrogen-bond donors (Lipinski definition) is 1. The fourth-order valence-electron chi connectivity index (χ4n) is 4.85. The summed E-state index contributed by atoms with van der Waals surface area (Å²) in [6, 6.07) is 12.0. The van der Waals surface area contributed by atoms with Crippen molar-refractivity contribution in [3.05, 3.63) is 90.0 Å². The van der Waals surface area contributed by atoms with E-state index in [1.807, 2.05) is 6.92 Å². The van der Waals surface area contributed by atoms with Crippen molar-refractivity contribution in [1.82, 2.24) is 0 Å². The molecule has 3 aromatic rings. The first-order chi connectivity index (χ1) is 18.3. The maximum Gasteiger partial charge on any atom is 0.201 e. The maximum absolute atomic E-state index is 15.1. The SMILES string of the molecule is C=CCCOc1ccc(-c2ccc(-c3ccc(C4CCC(C(O)CCC)OC4)c(F)c3F)cc2)c(F)c1F. The number of aliphatic hydroxyl groups is 1. The predicted molar refractivity (Wildman–Crippen MR) is 140 cm³/mol. The first-order valence-electron chi connectivity index (χ1n) is 13.0. The number of rotatable bonds is 10. The van der Waals surface area contributed by atoms with E-state index in [1.165, 1.54) is 30.3 Å². The summed E-state index contributed by atoms with van der Waals surface area (Å²) in [7, 11) is 0. The summed E-state index contributed by atoms with van der Waals surface area (Å²) in [5.41, 5.74) is 1.15. The van der Waals surface area contributed by atoms with Gasteiger partial charge in [-0.15, -0.1) is 6.58 Å². The normalized spacial score (nSPS) is 18.3. The van der Waals surface area contributed by atoms with E-state index in [0.29, 0.717) is 36.8 Å². The lowest BCUT2D eigenvalue weighted by atomic mass is 9.88. The lowest BCUT2D eigenvalue weighted by Crippen LogP contribution is -2.34. The van der Waals surface area contributed by atoms with Gasteiger partial charge in [-0.2, -0.15) is 4.39 Å². The van der Waals surface area contributed by atoms with E-state index < -0.39 is 29.4 Å². The number of benzene rings is 3. The third-order valence-electron chi connectivity index (χ3n) is 7.01. The first-order valence-corrected chi connectivity index (χ1v) is 13.0. The Balaban J connectivity index is 1.50. The van der Waals surface area contributed by atoms with Crippen molar-refractivity contribution in [1.29, 1.82) is 0 Å². The molecule has 1 heterocycles. The van der Waals surface area contributed by atoms with Gasteiger partial charge in [0.2, 0.25) is 5.82 Å². The molecule has 0 aliphatic carbocycles. The van der Waals surface area contributed by atoms with Gasteiger partial charge in [-0.1, -0.05) is 55.8 Å². The Morgan fingerprint density at radius 1 is 0.921 bits per heavy atom. The summed E-state index contributed by atoms with van der Waals surface area (Å²) >= 11 is 0. The van der Waals surface area contributed by atoms with Crippen molar-refractivity contribution in [2.45, 2.75) is 57.2 Å². The van der Waals surface area contributed by atoms with Crippen LogP contribution in [0.2, 0.25) is 0 Å². The highest BCUT2D eigenvalue weighted by atomic mass is 19.2. The smallest absolute Gasteiger partial charge is 0.201 e. The van der Waals surface area contributed by atoms with Gasteiger partial charge in [0.05, 0.1) is 25.4 Å². The molecule has 7 heteroatoms. The van der Waals surface area contributed by atoms with Gasteiger partial charge < -0.3 is 14.6 Å². The van der Waals surface area contributed by atoms with Gasteiger partial charge in [0.25, 0.3) is 0 Å². The van der Waals surface area contributed by atoms with Crippen LogP contribution in [-0.4, -0.2) is 30.5 Å². The molecule has 0 saturated carbocycles. The molecule has 0 amide bonds. The van der Waals surface area contributed by atoms with Gasteiger partial charge in [-0.3, -0.25) is 0 Å². The van der Waals surface area contributed by atoms with Crippen LogP contribution >= 0.6 is 0 Å². The number of ether oxygens (including phenoxy) is 2. The minimum Gasteiger partial charge on any atom is -0.490 e.